The number of esters is 1. The van der Waals surface area contributed by atoms with Crippen LogP contribution in [0.5, 0.6) is 0 Å². The van der Waals surface area contributed by atoms with Gasteiger partial charge in [-0.1, -0.05) is 22.0 Å². The van der Waals surface area contributed by atoms with Crippen LogP contribution in [0.4, 0.5) is 5.69 Å². The third-order valence-corrected chi connectivity index (χ3v) is 4.14. The Morgan fingerprint density at radius 1 is 1.58 bits per heavy atom. The number of anilines is 1. The minimum atomic E-state index is -0.532. The van der Waals surface area contributed by atoms with Crippen LogP contribution >= 0.6 is 15.9 Å². The summed E-state index contributed by atoms with van der Waals surface area (Å²) in [7, 11) is 1.35. The van der Waals surface area contributed by atoms with Crippen molar-refractivity contribution in [3.63, 3.8) is 0 Å². The maximum Gasteiger partial charge on any atom is 0.328 e. The molecule has 1 aliphatic rings. The average molecular weight is 326 g/mol. The molecule has 0 amide bonds. The third kappa shape index (κ3) is 2.81. The Bertz CT molecular complexity index is 490. The fourth-order valence-corrected chi connectivity index (χ4v) is 3.07. The van der Waals surface area contributed by atoms with Gasteiger partial charge >= 0.3 is 5.97 Å². The summed E-state index contributed by atoms with van der Waals surface area (Å²) in [6, 6.07) is 5.39. The first-order chi connectivity index (χ1) is 9.19. The molecule has 0 saturated carbocycles. The van der Waals surface area contributed by atoms with E-state index in [2.05, 4.69) is 15.9 Å². The van der Waals surface area contributed by atoms with Crippen LogP contribution in [0.15, 0.2) is 22.7 Å². The summed E-state index contributed by atoms with van der Waals surface area (Å²) in [4.78, 5) is 24.7. The van der Waals surface area contributed by atoms with Crippen LogP contribution in [0, 0.1) is 0 Å². The van der Waals surface area contributed by atoms with Crippen molar-refractivity contribution in [2.24, 2.45) is 0 Å². The Morgan fingerprint density at radius 2 is 2.37 bits per heavy atom. The molecule has 0 saturated heterocycles. The number of fused-ring (bicyclic) bond motifs is 1. The lowest BCUT2D eigenvalue weighted by molar-refractivity contribution is -0.143. The number of hydrogen-bond donors (Lipinski definition) is 0. The van der Waals surface area contributed by atoms with E-state index in [0.29, 0.717) is 0 Å². The van der Waals surface area contributed by atoms with E-state index in [0.717, 1.165) is 35.8 Å². The number of halogens is 1. The van der Waals surface area contributed by atoms with Crippen molar-refractivity contribution in [1.29, 1.82) is 0 Å². The van der Waals surface area contributed by atoms with Gasteiger partial charge in [0.2, 0.25) is 0 Å². The van der Waals surface area contributed by atoms with Gasteiger partial charge in [0, 0.05) is 23.1 Å². The molecule has 0 spiro atoms. The quantitative estimate of drug-likeness (QED) is 0.629. The number of hydrogen-bond acceptors (Lipinski definition) is 4. The molecule has 1 aromatic carbocycles. The van der Waals surface area contributed by atoms with Gasteiger partial charge < -0.3 is 14.4 Å². The summed E-state index contributed by atoms with van der Waals surface area (Å²) < 4.78 is 5.86. The molecule has 0 aromatic heterocycles. The van der Waals surface area contributed by atoms with Gasteiger partial charge in [0.1, 0.15) is 12.3 Å². The van der Waals surface area contributed by atoms with Gasteiger partial charge in [0.05, 0.1) is 7.11 Å². The molecular formula is C14H16BrNO3. The normalized spacial score (nSPS) is 15.6. The molecule has 0 bridgehead atoms. The Labute approximate surface area is 120 Å². The highest BCUT2D eigenvalue weighted by molar-refractivity contribution is 9.10. The molecule has 1 aliphatic heterocycles. The van der Waals surface area contributed by atoms with Gasteiger partial charge in [0.25, 0.3) is 0 Å². The summed E-state index contributed by atoms with van der Waals surface area (Å²) in [5.74, 6) is -0.361. The van der Waals surface area contributed by atoms with E-state index in [1.807, 2.05) is 23.1 Å². The van der Waals surface area contributed by atoms with Gasteiger partial charge in [-0.15, -0.1) is 0 Å². The first-order valence-electron chi connectivity index (χ1n) is 6.24. The highest BCUT2D eigenvalue weighted by Gasteiger charge is 2.30. The number of ether oxygens (including phenoxy) is 1. The van der Waals surface area contributed by atoms with E-state index in [9.17, 15) is 9.59 Å². The fraction of sp³-hybridized carbons (Fsp3) is 0.429. The van der Waals surface area contributed by atoms with E-state index in [-0.39, 0.29) is 12.4 Å². The molecule has 1 atom stereocenters. The molecule has 0 N–H and O–H groups in total. The first-order valence-corrected chi connectivity index (χ1v) is 7.03. The first kappa shape index (κ1) is 14.1. The van der Waals surface area contributed by atoms with Crippen molar-refractivity contribution in [2.75, 3.05) is 18.6 Å². The predicted octanol–water partition coefficient (Wildman–Crippen LogP) is 2.33. The van der Waals surface area contributed by atoms with Crippen LogP contribution < -0.4 is 4.90 Å². The Kier molecular flexibility index (Phi) is 4.58. The van der Waals surface area contributed by atoms with Gasteiger partial charge in [0.15, 0.2) is 0 Å². The topological polar surface area (TPSA) is 46.6 Å². The summed E-state index contributed by atoms with van der Waals surface area (Å²) in [5, 5.41) is 0. The Morgan fingerprint density at radius 3 is 3.05 bits per heavy atom. The molecule has 1 unspecified atom stereocenters. The third-order valence-electron chi connectivity index (χ3n) is 3.40. The number of nitrogens with zero attached hydrogens (tertiary/aromatic N) is 1. The van der Waals surface area contributed by atoms with E-state index in [1.165, 1.54) is 12.7 Å². The molecule has 19 heavy (non-hydrogen) atoms. The number of carbonyl (C=O) groups is 2. The molecular weight excluding hydrogens is 310 g/mol. The van der Waals surface area contributed by atoms with Crippen LogP contribution in [0.25, 0.3) is 0 Å². The van der Waals surface area contributed by atoms with Crippen molar-refractivity contribution < 1.29 is 14.3 Å². The van der Waals surface area contributed by atoms with E-state index >= 15 is 0 Å². The summed E-state index contributed by atoms with van der Waals surface area (Å²) in [5.41, 5.74) is 2.20. The van der Waals surface area contributed by atoms with Crippen LogP contribution in [-0.4, -0.2) is 32.0 Å². The van der Waals surface area contributed by atoms with E-state index in [1.54, 1.807) is 0 Å². The monoisotopic (exact) mass is 325 g/mol. The molecule has 1 heterocycles. The zero-order valence-electron chi connectivity index (χ0n) is 10.8. The van der Waals surface area contributed by atoms with Crippen molar-refractivity contribution in [3.05, 3.63) is 28.2 Å². The van der Waals surface area contributed by atoms with Crippen LogP contribution in [0.3, 0.4) is 0 Å². The van der Waals surface area contributed by atoms with E-state index in [4.69, 9.17) is 4.74 Å². The highest BCUT2D eigenvalue weighted by Crippen LogP contribution is 2.34. The molecule has 5 heteroatoms. The van der Waals surface area contributed by atoms with Crippen molar-refractivity contribution in [1.82, 2.24) is 0 Å². The van der Waals surface area contributed by atoms with Gasteiger partial charge in [-0.05, 0) is 30.5 Å². The lowest BCUT2D eigenvalue weighted by Crippen LogP contribution is -2.45. The number of benzene rings is 1. The second-order valence-electron chi connectivity index (χ2n) is 4.48. The summed E-state index contributed by atoms with van der Waals surface area (Å²) in [6.45, 7) is 0.761. The van der Waals surface area contributed by atoms with Crippen LogP contribution in [0.1, 0.15) is 18.4 Å². The lowest BCUT2D eigenvalue weighted by Gasteiger charge is -2.36. The zero-order valence-corrected chi connectivity index (χ0v) is 12.4. The van der Waals surface area contributed by atoms with Crippen LogP contribution in [-0.2, 0) is 20.7 Å². The zero-order chi connectivity index (χ0) is 13.8. The SMILES string of the molecule is COC(=O)C(CC=O)N1CCCc2c(Br)cccc21. The lowest BCUT2D eigenvalue weighted by atomic mass is 9.99. The Balaban J connectivity index is 2.38. The number of carbonyl (C=O) groups excluding carboxylic acids is 2. The highest BCUT2D eigenvalue weighted by atomic mass is 79.9. The predicted molar refractivity (Wildman–Crippen MR) is 76.3 cm³/mol. The van der Waals surface area contributed by atoms with Crippen molar-refractivity contribution in [3.8, 4) is 0 Å². The minimum absolute atomic E-state index is 0.151. The van der Waals surface area contributed by atoms with Gasteiger partial charge in [-0.3, -0.25) is 0 Å². The molecule has 0 aliphatic carbocycles. The summed E-state index contributed by atoms with van der Waals surface area (Å²) >= 11 is 3.54. The molecule has 0 radical (unpaired) electrons. The van der Waals surface area contributed by atoms with Crippen molar-refractivity contribution >= 4 is 33.9 Å². The summed E-state index contributed by atoms with van der Waals surface area (Å²) in [6.07, 6.45) is 2.86. The number of rotatable bonds is 4. The smallest absolute Gasteiger partial charge is 0.328 e. The number of methoxy groups -OCH3 is 1. The number of aldehydes is 1. The largest absolute Gasteiger partial charge is 0.467 e. The van der Waals surface area contributed by atoms with E-state index < -0.39 is 6.04 Å². The standard InChI is InChI=1S/C14H16BrNO3/c1-19-14(18)13(7-9-17)16-8-3-4-10-11(15)5-2-6-12(10)16/h2,5-6,9,13H,3-4,7-8H2,1H3. The maximum absolute atomic E-state index is 11.9. The fourth-order valence-electron chi connectivity index (χ4n) is 2.51. The van der Waals surface area contributed by atoms with Crippen LogP contribution in [0.2, 0.25) is 0 Å². The average Bonchev–Trinajstić information content (AvgIpc) is 2.44. The second-order valence-corrected chi connectivity index (χ2v) is 5.33. The molecule has 4 nitrogen and oxygen atoms in total. The molecule has 102 valence electrons. The Hall–Kier alpha value is -1.36. The minimum Gasteiger partial charge on any atom is -0.467 e. The van der Waals surface area contributed by atoms with Crippen molar-refractivity contribution in [2.45, 2.75) is 25.3 Å². The van der Waals surface area contributed by atoms with Gasteiger partial charge in [-0.2, -0.15) is 0 Å². The maximum atomic E-state index is 11.9. The molecule has 2 rings (SSSR count). The second kappa shape index (κ2) is 6.19. The van der Waals surface area contributed by atoms with Gasteiger partial charge in [-0.25, -0.2) is 4.79 Å². The molecule has 0 fully saturated rings. The molecule has 1 aromatic rings.